The summed E-state index contributed by atoms with van der Waals surface area (Å²) in [6, 6.07) is 9.52. The third-order valence-corrected chi connectivity index (χ3v) is 5.23. The molecule has 1 amide bonds. The van der Waals surface area contributed by atoms with Crippen LogP contribution in [-0.4, -0.2) is 55.5 Å². The highest BCUT2D eigenvalue weighted by Crippen LogP contribution is 2.23. The minimum atomic E-state index is -0.658. The van der Waals surface area contributed by atoms with Crippen LogP contribution in [0.25, 0.3) is 10.6 Å². The lowest BCUT2D eigenvalue weighted by molar-refractivity contribution is -0.0421. The van der Waals surface area contributed by atoms with Gasteiger partial charge in [-0.1, -0.05) is 46.9 Å². The van der Waals surface area contributed by atoms with Crippen LogP contribution in [0.15, 0.2) is 36.5 Å². The molecule has 10 heteroatoms. The zero-order valence-corrected chi connectivity index (χ0v) is 15.2. The smallest absolute Gasteiger partial charge is 0.273 e. The number of carbonyl (C=O) groups excluding carboxylic acids is 1. The van der Waals surface area contributed by atoms with Gasteiger partial charge in [0.05, 0.1) is 31.5 Å². The van der Waals surface area contributed by atoms with Gasteiger partial charge in [0.1, 0.15) is 10.0 Å². The lowest BCUT2D eigenvalue weighted by Crippen LogP contribution is -2.34. The Bertz CT molecular complexity index is 912. The first kappa shape index (κ1) is 17.7. The van der Waals surface area contributed by atoms with E-state index in [1.165, 1.54) is 16.0 Å². The first-order chi connectivity index (χ1) is 13.2. The number of hydrogen-bond acceptors (Lipinski definition) is 8. The average Bonchev–Trinajstić information content (AvgIpc) is 3.37. The highest BCUT2D eigenvalue weighted by molar-refractivity contribution is 7.14. The van der Waals surface area contributed by atoms with Gasteiger partial charge in [-0.05, 0) is 6.42 Å². The van der Waals surface area contributed by atoms with Crippen molar-refractivity contribution in [2.75, 3.05) is 13.2 Å². The Morgan fingerprint density at radius 3 is 2.96 bits per heavy atom. The number of nitrogens with one attached hydrogen (secondary N) is 1. The summed E-state index contributed by atoms with van der Waals surface area (Å²) in [5.41, 5.74) is 1.19. The molecule has 1 aliphatic rings. The first-order valence-corrected chi connectivity index (χ1v) is 9.36. The normalized spacial score (nSPS) is 19.7. The molecule has 2 aromatic heterocycles. The Morgan fingerprint density at radius 2 is 2.15 bits per heavy atom. The molecule has 1 saturated heterocycles. The number of carbonyl (C=O) groups is 1. The number of amides is 1. The second kappa shape index (κ2) is 7.91. The predicted octanol–water partition coefficient (Wildman–Crippen LogP) is 1.05. The van der Waals surface area contributed by atoms with Crippen LogP contribution in [0.5, 0.6) is 0 Å². The summed E-state index contributed by atoms with van der Waals surface area (Å²) in [7, 11) is 0. The van der Waals surface area contributed by atoms with Crippen molar-refractivity contribution >= 4 is 17.2 Å². The molecule has 0 radical (unpaired) electrons. The second-order valence-electron chi connectivity index (χ2n) is 6.13. The van der Waals surface area contributed by atoms with Crippen LogP contribution in [0.1, 0.15) is 28.0 Å². The largest absolute Gasteiger partial charge is 0.388 e. The molecule has 1 aromatic carbocycles. The van der Waals surface area contributed by atoms with Gasteiger partial charge in [-0.25, -0.2) is 4.68 Å². The van der Waals surface area contributed by atoms with E-state index in [1.807, 2.05) is 30.3 Å². The summed E-state index contributed by atoms with van der Waals surface area (Å²) in [6.45, 7) is 1.06. The molecule has 140 valence electrons. The summed E-state index contributed by atoms with van der Waals surface area (Å²) in [4.78, 5) is 12.3. The number of rotatable bonds is 5. The molecule has 0 spiro atoms. The van der Waals surface area contributed by atoms with Crippen molar-refractivity contribution in [2.24, 2.45) is 0 Å². The monoisotopic (exact) mass is 386 g/mol. The fourth-order valence-electron chi connectivity index (χ4n) is 2.83. The fraction of sp³-hybridized carbons (Fsp3) is 0.353. The van der Waals surface area contributed by atoms with Crippen LogP contribution in [-0.2, 0) is 11.3 Å². The molecule has 3 aromatic rings. The number of aliphatic hydroxyl groups excluding tert-OH is 1. The third kappa shape index (κ3) is 4.02. The fourth-order valence-corrected chi connectivity index (χ4v) is 3.62. The molecule has 2 N–H and O–H groups in total. The van der Waals surface area contributed by atoms with Crippen molar-refractivity contribution in [2.45, 2.75) is 25.1 Å². The molecule has 0 aliphatic carbocycles. The van der Waals surface area contributed by atoms with Crippen LogP contribution in [0, 0.1) is 0 Å². The van der Waals surface area contributed by atoms with E-state index in [-0.39, 0.29) is 30.8 Å². The van der Waals surface area contributed by atoms with Crippen molar-refractivity contribution < 1.29 is 14.6 Å². The third-order valence-electron chi connectivity index (χ3n) is 4.26. The molecule has 1 fully saturated rings. The Morgan fingerprint density at radius 1 is 1.30 bits per heavy atom. The van der Waals surface area contributed by atoms with E-state index in [9.17, 15) is 9.90 Å². The summed E-state index contributed by atoms with van der Waals surface area (Å²) in [6.07, 6.45) is 1.51. The van der Waals surface area contributed by atoms with Gasteiger partial charge in [0, 0.05) is 12.2 Å². The highest BCUT2D eigenvalue weighted by atomic mass is 32.1. The topological polar surface area (TPSA) is 115 Å². The van der Waals surface area contributed by atoms with E-state index >= 15 is 0 Å². The van der Waals surface area contributed by atoms with Gasteiger partial charge < -0.3 is 15.2 Å². The number of hydrogen-bond donors (Lipinski definition) is 2. The molecule has 2 atom stereocenters. The molecule has 1 aliphatic heterocycles. The maximum absolute atomic E-state index is 12.3. The first-order valence-electron chi connectivity index (χ1n) is 8.54. The predicted molar refractivity (Wildman–Crippen MR) is 97.0 cm³/mol. The summed E-state index contributed by atoms with van der Waals surface area (Å²) in [5, 5.41) is 30.4. The van der Waals surface area contributed by atoms with Gasteiger partial charge in [0.2, 0.25) is 0 Å². The molecular weight excluding hydrogens is 368 g/mol. The average molecular weight is 386 g/mol. The molecule has 0 unspecified atom stereocenters. The van der Waals surface area contributed by atoms with Crippen LogP contribution in [0.4, 0.5) is 0 Å². The number of nitrogens with zero attached hydrogens (tertiary/aromatic N) is 5. The quantitative estimate of drug-likeness (QED) is 0.673. The Labute approximate surface area is 159 Å². The van der Waals surface area contributed by atoms with E-state index in [1.54, 1.807) is 6.20 Å². The van der Waals surface area contributed by atoms with Crippen molar-refractivity contribution in [3.8, 4) is 10.6 Å². The molecule has 27 heavy (non-hydrogen) atoms. The van der Waals surface area contributed by atoms with Gasteiger partial charge in [-0.3, -0.25) is 4.79 Å². The van der Waals surface area contributed by atoms with E-state index < -0.39 is 6.10 Å². The summed E-state index contributed by atoms with van der Waals surface area (Å²) >= 11 is 1.43. The van der Waals surface area contributed by atoms with E-state index in [4.69, 9.17) is 4.74 Å². The zero-order chi connectivity index (χ0) is 18.6. The standard InChI is InChI=1S/C17H18N6O3S/c24-14-10-26-7-6-13(14)23-9-12(19-22-23)16(25)18-8-15-20-21-17(27-15)11-4-2-1-3-5-11/h1-5,9,13-14,24H,6-8,10H2,(H,18,25)/t13-,14-/m0/s1. The lowest BCUT2D eigenvalue weighted by Gasteiger charge is -2.27. The van der Waals surface area contributed by atoms with Gasteiger partial charge in [-0.2, -0.15) is 0 Å². The zero-order valence-electron chi connectivity index (χ0n) is 14.4. The number of benzene rings is 1. The molecule has 4 rings (SSSR count). The molecular formula is C17H18N6O3S. The highest BCUT2D eigenvalue weighted by Gasteiger charge is 2.27. The molecule has 9 nitrogen and oxygen atoms in total. The van der Waals surface area contributed by atoms with Crippen molar-refractivity contribution in [3.05, 3.63) is 47.2 Å². The number of ether oxygens (including phenoxy) is 1. The van der Waals surface area contributed by atoms with Crippen molar-refractivity contribution in [1.82, 2.24) is 30.5 Å². The van der Waals surface area contributed by atoms with Crippen LogP contribution >= 0.6 is 11.3 Å². The van der Waals surface area contributed by atoms with E-state index in [0.717, 1.165) is 10.6 Å². The molecule has 0 bridgehead atoms. The minimum absolute atomic E-state index is 0.196. The van der Waals surface area contributed by atoms with Crippen LogP contribution < -0.4 is 5.32 Å². The van der Waals surface area contributed by atoms with Crippen molar-refractivity contribution in [3.63, 3.8) is 0 Å². The number of aliphatic hydroxyl groups is 1. The van der Waals surface area contributed by atoms with E-state index in [0.29, 0.717) is 18.0 Å². The second-order valence-corrected chi connectivity index (χ2v) is 7.19. The van der Waals surface area contributed by atoms with Gasteiger partial charge >= 0.3 is 0 Å². The van der Waals surface area contributed by atoms with Crippen LogP contribution in [0.2, 0.25) is 0 Å². The van der Waals surface area contributed by atoms with Gasteiger partial charge in [-0.15, -0.1) is 15.3 Å². The van der Waals surface area contributed by atoms with Crippen LogP contribution in [0.3, 0.4) is 0 Å². The summed E-state index contributed by atoms with van der Waals surface area (Å²) in [5.74, 6) is -0.348. The maximum Gasteiger partial charge on any atom is 0.273 e. The van der Waals surface area contributed by atoms with Gasteiger partial charge in [0.25, 0.3) is 5.91 Å². The Kier molecular flexibility index (Phi) is 5.19. The Hall–Kier alpha value is -2.69. The lowest BCUT2D eigenvalue weighted by atomic mass is 10.1. The Balaban J connectivity index is 1.37. The van der Waals surface area contributed by atoms with Gasteiger partial charge in [0.15, 0.2) is 5.69 Å². The maximum atomic E-state index is 12.3. The summed E-state index contributed by atoms with van der Waals surface area (Å²) < 4.78 is 6.74. The molecule has 3 heterocycles. The van der Waals surface area contributed by atoms with E-state index in [2.05, 4.69) is 25.8 Å². The van der Waals surface area contributed by atoms with Crippen molar-refractivity contribution in [1.29, 1.82) is 0 Å². The molecule has 0 saturated carbocycles. The SMILES string of the molecule is O=C(NCc1nnc(-c2ccccc2)s1)c1cn([C@H]2CCOC[C@@H]2O)nn1. The number of aromatic nitrogens is 5. The minimum Gasteiger partial charge on any atom is -0.388 e.